The van der Waals surface area contributed by atoms with Crippen LogP contribution in [0.25, 0.3) is 0 Å². The van der Waals surface area contributed by atoms with E-state index in [2.05, 4.69) is 25.8 Å². The molecule has 2 fully saturated rings. The molecule has 0 spiro atoms. The molecule has 3 rings (SSSR count). The topological polar surface area (TPSA) is 96.4 Å². The van der Waals surface area contributed by atoms with Gasteiger partial charge in [0.05, 0.1) is 0 Å². The third-order valence-electron chi connectivity index (χ3n) is 5.25. The van der Waals surface area contributed by atoms with E-state index in [-0.39, 0.29) is 17.9 Å². The maximum absolute atomic E-state index is 12.6. The molecule has 1 saturated heterocycles. The highest BCUT2D eigenvalue weighted by Gasteiger charge is 2.38. The molecule has 1 aliphatic heterocycles. The Balaban J connectivity index is 1.63. The van der Waals surface area contributed by atoms with Gasteiger partial charge in [0, 0.05) is 11.9 Å². The molecule has 0 radical (unpaired) electrons. The second-order valence-electron chi connectivity index (χ2n) is 7.60. The van der Waals surface area contributed by atoms with Gasteiger partial charge in [-0.25, -0.2) is 9.59 Å². The van der Waals surface area contributed by atoms with E-state index < -0.39 is 17.4 Å². The first-order valence-corrected chi connectivity index (χ1v) is 10.2. The van der Waals surface area contributed by atoms with Crippen molar-refractivity contribution in [2.75, 3.05) is 11.5 Å². The van der Waals surface area contributed by atoms with Crippen molar-refractivity contribution in [3.63, 3.8) is 0 Å². The molecule has 7 nitrogen and oxygen atoms in total. The van der Waals surface area contributed by atoms with Crippen molar-refractivity contribution < 1.29 is 14.3 Å². The lowest BCUT2D eigenvalue weighted by atomic mass is 9.75. The summed E-state index contributed by atoms with van der Waals surface area (Å²) in [6.07, 6.45) is 4.11. The molecule has 2 N–H and O–H groups in total. The molecular formula is C18H27N3O4S. The molecule has 26 heavy (non-hydrogen) atoms. The largest absolute Gasteiger partial charge is 0.459 e. The highest BCUT2D eigenvalue weighted by molar-refractivity contribution is 8.00. The summed E-state index contributed by atoms with van der Waals surface area (Å²) in [5.74, 6) is 1.73. The number of hydrogen-bond acceptors (Lipinski definition) is 7. The zero-order chi connectivity index (χ0) is 18.8. The minimum absolute atomic E-state index is 0.0598. The zero-order valence-corrected chi connectivity index (χ0v) is 16.3. The van der Waals surface area contributed by atoms with Gasteiger partial charge in [-0.1, -0.05) is 27.2 Å². The normalized spacial score (nSPS) is 31.9. The van der Waals surface area contributed by atoms with Gasteiger partial charge < -0.3 is 15.2 Å². The van der Waals surface area contributed by atoms with Gasteiger partial charge in [-0.2, -0.15) is 4.98 Å². The number of thioether (sulfide) groups is 1. The van der Waals surface area contributed by atoms with Crippen LogP contribution in [0.15, 0.2) is 17.1 Å². The summed E-state index contributed by atoms with van der Waals surface area (Å²) in [5, 5.41) is 0. The number of ether oxygens (including phenoxy) is 2. The van der Waals surface area contributed by atoms with E-state index in [1.807, 2.05) is 0 Å². The lowest BCUT2D eigenvalue weighted by Gasteiger charge is -2.37. The van der Waals surface area contributed by atoms with E-state index in [4.69, 9.17) is 15.2 Å². The average Bonchev–Trinajstić information content (AvgIpc) is 3.04. The third-order valence-corrected chi connectivity index (χ3v) is 6.34. The Morgan fingerprint density at radius 3 is 2.92 bits per heavy atom. The Kier molecular flexibility index (Phi) is 5.92. The molecule has 1 aliphatic carbocycles. The molecule has 1 aromatic heterocycles. The molecule has 0 amide bonds. The Hall–Kier alpha value is -1.54. The quantitative estimate of drug-likeness (QED) is 0.800. The number of esters is 1. The maximum Gasteiger partial charge on any atom is 0.351 e. The van der Waals surface area contributed by atoms with Gasteiger partial charge in [0.2, 0.25) is 5.44 Å². The van der Waals surface area contributed by atoms with Crippen molar-refractivity contribution >= 4 is 23.5 Å². The summed E-state index contributed by atoms with van der Waals surface area (Å²) in [5.41, 5.74) is 4.32. The highest BCUT2D eigenvalue weighted by atomic mass is 32.2. The van der Waals surface area contributed by atoms with Gasteiger partial charge in [0.15, 0.2) is 0 Å². The Bertz CT molecular complexity index is 708. The standard InChI is InChI=1S/C18H27N3O4S/c1-10(2)12-5-4-11(3)8-13(12)24-16(22)17-25-15(9-26-17)21-7-6-14(19)20-18(21)23/h6-7,10-13,15,17H,4-5,8-9H2,1-3H3,(H2,19,20,23)/t11?,12?,13-,15+,17-/m1/s1. The van der Waals surface area contributed by atoms with Crippen LogP contribution in [0, 0.1) is 17.8 Å². The van der Waals surface area contributed by atoms with E-state index >= 15 is 0 Å². The van der Waals surface area contributed by atoms with Crippen LogP contribution in [0.1, 0.15) is 46.3 Å². The fourth-order valence-electron chi connectivity index (χ4n) is 3.76. The Morgan fingerprint density at radius 1 is 1.46 bits per heavy atom. The van der Waals surface area contributed by atoms with Gasteiger partial charge in [-0.05, 0) is 36.7 Å². The van der Waals surface area contributed by atoms with E-state index in [0.29, 0.717) is 23.5 Å². The van der Waals surface area contributed by atoms with Crippen molar-refractivity contribution in [1.82, 2.24) is 9.55 Å². The molecule has 5 atom stereocenters. The Labute approximate surface area is 157 Å². The first kappa shape index (κ1) is 19.2. The van der Waals surface area contributed by atoms with Crippen LogP contribution in [0.5, 0.6) is 0 Å². The van der Waals surface area contributed by atoms with Crippen molar-refractivity contribution in [3.8, 4) is 0 Å². The minimum atomic E-state index is -0.713. The fraction of sp³-hybridized carbons (Fsp3) is 0.722. The SMILES string of the molecule is CC1CCC(C(C)C)[C@H](OC(=O)[C@@H]2O[C@H](n3ccc(N)nc3=O)CS2)C1. The maximum atomic E-state index is 12.6. The second kappa shape index (κ2) is 8.00. The number of nitrogens with two attached hydrogens (primary N) is 1. The third kappa shape index (κ3) is 4.23. The summed E-state index contributed by atoms with van der Waals surface area (Å²) >= 11 is 1.35. The van der Waals surface area contributed by atoms with Crippen molar-refractivity contribution in [3.05, 3.63) is 22.7 Å². The summed E-state index contributed by atoms with van der Waals surface area (Å²) in [7, 11) is 0. The Morgan fingerprint density at radius 2 is 2.23 bits per heavy atom. The molecule has 0 aromatic carbocycles. The molecular weight excluding hydrogens is 354 g/mol. The lowest BCUT2D eigenvalue weighted by molar-refractivity contribution is -0.166. The summed E-state index contributed by atoms with van der Waals surface area (Å²) in [4.78, 5) is 28.3. The first-order chi connectivity index (χ1) is 12.3. The van der Waals surface area contributed by atoms with E-state index in [9.17, 15) is 9.59 Å². The van der Waals surface area contributed by atoms with Crippen LogP contribution >= 0.6 is 11.8 Å². The molecule has 8 heteroatoms. The number of nitrogen functional groups attached to an aromatic ring is 1. The van der Waals surface area contributed by atoms with Gasteiger partial charge >= 0.3 is 11.7 Å². The molecule has 144 valence electrons. The van der Waals surface area contributed by atoms with Gasteiger partial charge in [0.25, 0.3) is 0 Å². The number of nitrogens with zero attached hydrogens (tertiary/aromatic N) is 2. The zero-order valence-electron chi connectivity index (χ0n) is 15.5. The predicted octanol–water partition coefficient (Wildman–Crippen LogP) is 2.42. The summed E-state index contributed by atoms with van der Waals surface area (Å²) < 4.78 is 13.0. The highest BCUT2D eigenvalue weighted by Crippen LogP contribution is 2.37. The molecule has 2 aliphatic rings. The van der Waals surface area contributed by atoms with Crippen LogP contribution in [0.4, 0.5) is 5.82 Å². The van der Waals surface area contributed by atoms with Crippen LogP contribution in [-0.2, 0) is 14.3 Å². The molecule has 1 saturated carbocycles. The van der Waals surface area contributed by atoms with E-state index in [0.717, 1.165) is 12.8 Å². The summed E-state index contributed by atoms with van der Waals surface area (Å²) in [6, 6.07) is 1.54. The fourth-order valence-corrected chi connectivity index (χ4v) is 4.74. The first-order valence-electron chi connectivity index (χ1n) is 9.17. The second-order valence-corrected chi connectivity index (χ2v) is 8.69. The average molecular weight is 381 g/mol. The minimum Gasteiger partial charge on any atom is -0.459 e. The molecule has 2 unspecified atom stereocenters. The number of carbonyl (C=O) groups is 1. The van der Waals surface area contributed by atoms with Crippen LogP contribution in [-0.4, -0.2) is 32.8 Å². The van der Waals surface area contributed by atoms with E-state index in [1.165, 1.54) is 28.8 Å². The number of anilines is 1. The molecule has 0 bridgehead atoms. The smallest absolute Gasteiger partial charge is 0.351 e. The van der Waals surface area contributed by atoms with E-state index in [1.54, 1.807) is 6.20 Å². The van der Waals surface area contributed by atoms with Crippen molar-refractivity contribution in [1.29, 1.82) is 0 Å². The van der Waals surface area contributed by atoms with Gasteiger partial charge in [0.1, 0.15) is 18.1 Å². The summed E-state index contributed by atoms with van der Waals surface area (Å²) in [6.45, 7) is 6.56. The van der Waals surface area contributed by atoms with Crippen molar-refractivity contribution in [2.24, 2.45) is 17.8 Å². The number of hydrogen-bond donors (Lipinski definition) is 1. The number of aromatic nitrogens is 2. The van der Waals surface area contributed by atoms with Gasteiger partial charge in [-0.3, -0.25) is 4.57 Å². The van der Waals surface area contributed by atoms with Crippen LogP contribution < -0.4 is 11.4 Å². The molecule has 2 heterocycles. The number of carbonyl (C=O) groups excluding carboxylic acids is 1. The van der Waals surface area contributed by atoms with Crippen LogP contribution in [0.3, 0.4) is 0 Å². The van der Waals surface area contributed by atoms with Gasteiger partial charge in [-0.15, -0.1) is 11.8 Å². The molecule has 1 aromatic rings. The number of rotatable bonds is 4. The predicted molar refractivity (Wildman–Crippen MR) is 101 cm³/mol. The van der Waals surface area contributed by atoms with Crippen LogP contribution in [0.2, 0.25) is 0 Å². The lowest BCUT2D eigenvalue weighted by Crippen LogP contribution is -2.38. The van der Waals surface area contributed by atoms with Crippen molar-refractivity contribution in [2.45, 2.75) is 57.8 Å². The monoisotopic (exact) mass is 381 g/mol.